The van der Waals surface area contributed by atoms with Crippen LogP contribution in [0.25, 0.3) is 0 Å². The van der Waals surface area contributed by atoms with Gasteiger partial charge < -0.3 is 5.32 Å². The predicted octanol–water partition coefficient (Wildman–Crippen LogP) is 3.42. The van der Waals surface area contributed by atoms with Gasteiger partial charge in [-0.25, -0.2) is 8.42 Å². The minimum absolute atomic E-state index is 0.0618. The monoisotopic (exact) mass is 337 g/mol. The van der Waals surface area contributed by atoms with Crippen LogP contribution in [0.3, 0.4) is 0 Å². The average Bonchev–Trinajstić information content (AvgIpc) is 2.98. The zero-order valence-electron chi connectivity index (χ0n) is 12.8. The topological polar surface area (TPSA) is 63.2 Å². The van der Waals surface area contributed by atoms with E-state index in [1.165, 1.54) is 6.07 Å². The summed E-state index contributed by atoms with van der Waals surface area (Å²) in [6, 6.07) is 9.81. The number of hydrogen-bond donors (Lipinski definition) is 1. The summed E-state index contributed by atoms with van der Waals surface area (Å²) in [5.74, 6) is -0.232. The van der Waals surface area contributed by atoms with Gasteiger partial charge in [-0.15, -0.1) is 11.3 Å². The Bertz CT molecular complexity index is 761. The van der Waals surface area contributed by atoms with Gasteiger partial charge in [0, 0.05) is 6.04 Å². The lowest BCUT2D eigenvalue weighted by Crippen LogP contribution is -2.31. The molecular weight excluding hydrogens is 318 g/mol. The van der Waals surface area contributed by atoms with Gasteiger partial charge in [0.15, 0.2) is 0 Å². The number of carbonyl (C=O) groups is 1. The third kappa shape index (κ3) is 3.56. The largest absolute Gasteiger partial charge is 0.349 e. The maximum absolute atomic E-state index is 12.5. The molecule has 1 atom stereocenters. The molecule has 4 nitrogen and oxygen atoms in total. The summed E-state index contributed by atoms with van der Waals surface area (Å²) in [6.45, 7) is 5.79. The van der Waals surface area contributed by atoms with Crippen molar-refractivity contribution in [1.82, 2.24) is 5.32 Å². The molecule has 6 heteroatoms. The fourth-order valence-corrected chi connectivity index (χ4v) is 4.43. The van der Waals surface area contributed by atoms with Crippen molar-refractivity contribution in [2.75, 3.05) is 0 Å². The summed E-state index contributed by atoms with van der Waals surface area (Å²) in [5, 5.41) is 2.83. The first-order valence-electron chi connectivity index (χ1n) is 7.07. The number of sulfone groups is 1. The summed E-state index contributed by atoms with van der Waals surface area (Å²) < 4.78 is 25.3. The molecule has 2 rings (SSSR count). The molecule has 0 spiro atoms. The van der Waals surface area contributed by atoms with E-state index in [1.54, 1.807) is 30.3 Å². The average molecular weight is 337 g/mol. The molecule has 118 valence electrons. The molecule has 0 aliphatic heterocycles. The van der Waals surface area contributed by atoms with E-state index >= 15 is 0 Å². The van der Waals surface area contributed by atoms with Gasteiger partial charge in [-0.05, 0) is 44.5 Å². The molecule has 0 fully saturated rings. The van der Waals surface area contributed by atoms with Gasteiger partial charge in [0.2, 0.25) is 9.84 Å². The standard InChI is InChI=1S/C16H19NO3S2/c1-4-12(3)17-16(18)14-9-10-15(21-14)22(19,20)13-7-5-11(2)6-8-13/h5-10,12H,4H2,1-3H3,(H,17,18). The number of carbonyl (C=O) groups excluding carboxylic acids is 1. The maximum Gasteiger partial charge on any atom is 0.261 e. The molecule has 22 heavy (non-hydrogen) atoms. The number of aryl methyl sites for hydroxylation is 1. The molecule has 0 aliphatic carbocycles. The number of amides is 1. The van der Waals surface area contributed by atoms with Gasteiger partial charge in [0.25, 0.3) is 5.91 Å². The lowest BCUT2D eigenvalue weighted by Gasteiger charge is -2.09. The Morgan fingerprint density at radius 2 is 1.82 bits per heavy atom. The van der Waals surface area contributed by atoms with Crippen LogP contribution in [0.5, 0.6) is 0 Å². The Morgan fingerprint density at radius 1 is 1.18 bits per heavy atom. The number of hydrogen-bond acceptors (Lipinski definition) is 4. The second-order valence-electron chi connectivity index (χ2n) is 5.22. The molecule has 1 amide bonds. The lowest BCUT2D eigenvalue weighted by atomic mass is 10.2. The van der Waals surface area contributed by atoms with Gasteiger partial charge in [-0.2, -0.15) is 0 Å². The molecule has 1 heterocycles. The molecule has 1 unspecified atom stereocenters. The van der Waals surface area contributed by atoms with Crippen molar-refractivity contribution in [3.63, 3.8) is 0 Å². The third-order valence-electron chi connectivity index (χ3n) is 3.39. The van der Waals surface area contributed by atoms with E-state index in [0.717, 1.165) is 23.3 Å². The first-order chi connectivity index (χ1) is 10.3. The van der Waals surface area contributed by atoms with Crippen molar-refractivity contribution in [3.8, 4) is 0 Å². The van der Waals surface area contributed by atoms with E-state index in [0.29, 0.717) is 4.88 Å². The quantitative estimate of drug-likeness (QED) is 0.909. The van der Waals surface area contributed by atoms with Crippen LogP contribution in [0, 0.1) is 6.92 Å². The fraction of sp³-hybridized carbons (Fsp3) is 0.312. The van der Waals surface area contributed by atoms with Gasteiger partial charge in [-0.3, -0.25) is 4.79 Å². The summed E-state index contributed by atoms with van der Waals surface area (Å²) in [6.07, 6.45) is 0.825. The highest BCUT2D eigenvalue weighted by atomic mass is 32.2. The van der Waals surface area contributed by atoms with Crippen LogP contribution in [-0.2, 0) is 9.84 Å². The minimum atomic E-state index is -3.56. The first-order valence-corrected chi connectivity index (χ1v) is 9.37. The van der Waals surface area contributed by atoms with Crippen molar-refractivity contribution in [2.45, 2.75) is 42.3 Å². The van der Waals surface area contributed by atoms with E-state index in [9.17, 15) is 13.2 Å². The van der Waals surface area contributed by atoms with Crippen molar-refractivity contribution < 1.29 is 13.2 Å². The molecule has 0 saturated carbocycles. The third-order valence-corrected chi connectivity index (χ3v) is 6.74. The Hall–Kier alpha value is -1.66. The molecule has 1 N–H and O–H groups in total. The van der Waals surface area contributed by atoms with Crippen LogP contribution in [-0.4, -0.2) is 20.4 Å². The molecule has 0 bridgehead atoms. The summed E-state index contributed by atoms with van der Waals surface area (Å²) in [7, 11) is -3.56. The van der Waals surface area contributed by atoms with Crippen molar-refractivity contribution in [3.05, 3.63) is 46.8 Å². The number of thiophene rings is 1. The Labute approximate surface area is 135 Å². The Balaban J connectivity index is 2.27. The summed E-state index contributed by atoms with van der Waals surface area (Å²) in [5.41, 5.74) is 0.999. The molecule has 0 aliphatic rings. The number of benzene rings is 1. The second kappa shape index (κ2) is 6.62. The molecule has 0 radical (unpaired) electrons. The molecule has 0 saturated heterocycles. The second-order valence-corrected chi connectivity index (χ2v) is 8.48. The van der Waals surface area contributed by atoms with Gasteiger partial charge in [0.05, 0.1) is 9.77 Å². The highest BCUT2D eigenvalue weighted by Crippen LogP contribution is 2.28. The van der Waals surface area contributed by atoms with E-state index in [2.05, 4.69) is 5.32 Å². The summed E-state index contributed by atoms with van der Waals surface area (Å²) in [4.78, 5) is 12.7. The number of rotatable bonds is 5. The minimum Gasteiger partial charge on any atom is -0.349 e. The lowest BCUT2D eigenvalue weighted by molar-refractivity contribution is 0.0943. The van der Waals surface area contributed by atoms with Crippen LogP contribution in [0.1, 0.15) is 35.5 Å². The Kier molecular flexibility index (Phi) is 5.03. The van der Waals surface area contributed by atoms with Crippen LogP contribution in [0.2, 0.25) is 0 Å². The molecule has 1 aromatic heterocycles. The first kappa shape index (κ1) is 16.7. The van der Waals surface area contributed by atoms with Gasteiger partial charge in [-0.1, -0.05) is 24.6 Å². The van der Waals surface area contributed by atoms with Gasteiger partial charge >= 0.3 is 0 Å². The van der Waals surface area contributed by atoms with E-state index in [4.69, 9.17) is 0 Å². The number of nitrogens with one attached hydrogen (secondary N) is 1. The molecule has 1 aromatic carbocycles. The molecular formula is C16H19NO3S2. The smallest absolute Gasteiger partial charge is 0.261 e. The maximum atomic E-state index is 12.5. The SMILES string of the molecule is CCC(C)NC(=O)c1ccc(S(=O)(=O)c2ccc(C)cc2)s1. The zero-order valence-corrected chi connectivity index (χ0v) is 14.4. The van der Waals surface area contributed by atoms with E-state index in [1.807, 2.05) is 20.8 Å². The van der Waals surface area contributed by atoms with Crippen LogP contribution >= 0.6 is 11.3 Å². The van der Waals surface area contributed by atoms with Gasteiger partial charge in [0.1, 0.15) is 4.21 Å². The van der Waals surface area contributed by atoms with Crippen LogP contribution in [0.4, 0.5) is 0 Å². The highest BCUT2D eigenvalue weighted by Gasteiger charge is 2.21. The summed E-state index contributed by atoms with van der Waals surface area (Å²) >= 11 is 0.999. The zero-order chi connectivity index (χ0) is 16.3. The van der Waals surface area contributed by atoms with Crippen LogP contribution in [0.15, 0.2) is 45.5 Å². The van der Waals surface area contributed by atoms with Crippen molar-refractivity contribution in [2.24, 2.45) is 0 Å². The normalized spacial score (nSPS) is 12.9. The molecule has 2 aromatic rings. The van der Waals surface area contributed by atoms with Crippen molar-refractivity contribution >= 4 is 27.1 Å². The highest BCUT2D eigenvalue weighted by molar-refractivity contribution is 7.93. The predicted molar refractivity (Wildman–Crippen MR) is 88.2 cm³/mol. The Morgan fingerprint density at radius 3 is 2.41 bits per heavy atom. The van der Waals surface area contributed by atoms with Crippen LogP contribution < -0.4 is 5.32 Å². The fourth-order valence-electron chi connectivity index (χ4n) is 1.82. The van der Waals surface area contributed by atoms with E-state index in [-0.39, 0.29) is 21.1 Å². The van der Waals surface area contributed by atoms with Crippen molar-refractivity contribution in [1.29, 1.82) is 0 Å². The van der Waals surface area contributed by atoms with E-state index < -0.39 is 9.84 Å².